The summed E-state index contributed by atoms with van der Waals surface area (Å²) in [6.07, 6.45) is 9.25. The Hall–Kier alpha value is -0.0800. The lowest BCUT2D eigenvalue weighted by molar-refractivity contribution is -0.335. The minimum atomic E-state index is -1.47. The van der Waals surface area contributed by atoms with E-state index in [4.69, 9.17) is 0 Å². The van der Waals surface area contributed by atoms with Crippen molar-refractivity contribution in [2.24, 2.45) is 39.9 Å². The molecule has 0 aromatic rings. The van der Waals surface area contributed by atoms with Crippen molar-refractivity contribution in [2.45, 2.75) is 84.8 Å². The number of rotatable bonds is 0. The van der Waals surface area contributed by atoms with Crippen LogP contribution in [0.2, 0.25) is 0 Å². The molecule has 2 N–H and O–H groups in total. The molecule has 0 unspecified atom stereocenters. The van der Waals surface area contributed by atoms with Crippen molar-refractivity contribution in [3.8, 4) is 0 Å². The maximum atomic E-state index is 11.0. The molecule has 0 amide bonds. The standard InChI is InChI=1S/C20H34O2/c1-13-11-19-8-7-15-17(2,3)9-10-20(21,22)18(15,4)16(19)6-5-14(13)12-19/h13-16,21-22H,5-12H2,1-4H3/t13-,14+,15+,16+,18+,19+/m1/s1. The van der Waals surface area contributed by atoms with E-state index >= 15 is 0 Å². The van der Waals surface area contributed by atoms with Crippen molar-refractivity contribution >= 4 is 0 Å². The fraction of sp³-hybridized carbons (Fsp3) is 1.00. The quantitative estimate of drug-likeness (QED) is 0.653. The highest BCUT2D eigenvalue weighted by Gasteiger charge is 2.69. The average Bonchev–Trinajstić information content (AvgIpc) is 2.65. The first kappa shape index (κ1) is 15.4. The van der Waals surface area contributed by atoms with Crippen LogP contribution < -0.4 is 0 Å². The van der Waals surface area contributed by atoms with Crippen molar-refractivity contribution in [3.63, 3.8) is 0 Å². The SMILES string of the molecule is C[C@@H]1C[C@]23CC[C@H]4C(C)(C)CCC(O)(O)[C@]4(C)[C@@H]2CC[C@H]1C3. The summed E-state index contributed by atoms with van der Waals surface area (Å²) in [5.41, 5.74) is 0.339. The Bertz CT molecular complexity index is 478. The van der Waals surface area contributed by atoms with Crippen LogP contribution in [0.1, 0.15) is 79.1 Å². The highest BCUT2D eigenvalue weighted by molar-refractivity contribution is 5.16. The summed E-state index contributed by atoms with van der Waals surface area (Å²) in [5.74, 6) is 1.24. The molecule has 0 aliphatic heterocycles. The minimum Gasteiger partial charge on any atom is -0.365 e. The Labute approximate surface area is 135 Å². The molecule has 0 radical (unpaired) electrons. The van der Waals surface area contributed by atoms with Crippen LogP contribution in [0.5, 0.6) is 0 Å². The predicted octanol–water partition coefficient (Wildman–Crippen LogP) is 4.35. The lowest BCUT2D eigenvalue weighted by Gasteiger charge is -2.67. The monoisotopic (exact) mass is 306 g/mol. The van der Waals surface area contributed by atoms with Crippen LogP contribution in [0.15, 0.2) is 0 Å². The Morgan fingerprint density at radius 1 is 0.818 bits per heavy atom. The van der Waals surface area contributed by atoms with Gasteiger partial charge in [0.1, 0.15) is 0 Å². The summed E-state index contributed by atoms with van der Waals surface area (Å²) >= 11 is 0. The van der Waals surface area contributed by atoms with Gasteiger partial charge in [-0.2, -0.15) is 0 Å². The van der Waals surface area contributed by atoms with Crippen LogP contribution >= 0.6 is 0 Å². The third kappa shape index (κ3) is 1.69. The van der Waals surface area contributed by atoms with E-state index in [1.54, 1.807) is 0 Å². The molecule has 4 aliphatic rings. The van der Waals surface area contributed by atoms with Crippen LogP contribution in [0.4, 0.5) is 0 Å². The fourth-order valence-electron chi connectivity index (χ4n) is 7.96. The Morgan fingerprint density at radius 2 is 1.55 bits per heavy atom. The first-order valence-corrected chi connectivity index (χ1v) is 9.57. The molecule has 4 aliphatic carbocycles. The summed E-state index contributed by atoms with van der Waals surface area (Å²) in [4.78, 5) is 0. The second-order valence-electron chi connectivity index (χ2n) is 10.3. The van der Waals surface area contributed by atoms with Gasteiger partial charge in [0.15, 0.2) is 5.79 Å². The summed E-state index contributed by atoms with van der Waals surface area (Å²) < 4.78 is 0. The van der Waals surface area contributed by atoms with Gasteiger partial charge in [0.05, 0.1) is 0 Å². The van der Waals surface area contributed by atoms with E-state index < -0.39 is 5.79 Å². The molecule has 2 heteroatoms. The zero-order valence-electron chi connectivity index (χ0n) is 14.9. The normalized spacial score (nSPS) is 55.4. The molecule has 0 aromatic carbocycles. The van der Waals surface area contributed by atoms with Gasteiger partial charge in [-0.05, 0) is 79.4 Å². The van der Waals surface area contributed by atoms with Gasteiger partial charge in [-0.3, -0.25) is 0 Å². The van der Waals surface area contributed by atoms with Gasteiger partial charge in [-0.1, -0.05) is 27.7 Å². The Kier molecular flexibility index (Phi) is 3.02. The smallest absolute Gasteiger partial charge is 0.168 e. The van der Waals surface area contributed by atoms with E-state index in [2.05, 4.69) is 27.7 Å². The third-order valence-electron chi connectivity index (χ3n) is 9.07. The predicted molar refractivity (Wildman–Crippen MR) is 88.1 cm³/mol. The summed E-state index contributed by atoms with van der Waals surface area (Å²) in [6.45, 7) is 9.41. The fourth-order valence-corrected chi connectivity index (χ4v) is 7.96. The molecule has 126 valence electrons. The molecule has 4 rings (SSSR count). The molecule has 2 nitrogen and oxygen atoms in total. The molecule has 22 heavy (non-hydrogen) atoms. The highest BCUT2D eigenvalue weighted by Crippen LogP contribution is 2.73. The van der Waals surface area contributed by atoms with E-state index in [0.29, 0.717) is 23.7 Å². The first-order chi connectivity index (χ1) is 10.1. The molecule has 4 fully saturated rings. The summed E-state index contributed by atoms with van der Waals surface area (Å²) in [7, 11) is 0. The first-order valence-electron chi connectivity index (χ1n) is 9.57. The summed E-state index contributed by atoms with van der Waals surface area (Å²) in [5, 5.41) is 22.1. The lowest BCUT2D eigenvalue weighted by atomic mass is 9.39. The van der Waals surface area contributed by atoms with Gasteiger partial charge < -0.3 is 10.2 Å². The van der Waals surface area contributed by atoms with Crippen molar-refractivity contribution in [3.05, 3.63) is 0 Å². The Morgan fingerprint density at radius 3 is 2.27 bits per heavy atom. The molecule has 0 aromatic heterocycles. The zero-order chi connectivity index (χ0) is 16.0. The van der Waals surface area contributed by atoms with Gasteiger partial charge in [-0.15, -0.1) is 0 Å². The van der Waals surface area contributed by atoms with Gasteiger partial charge in [-0.25, -0.2) is 0 Å². The maximum absolute atomic E-state index is 11.0. The van der Waals surface area contributed by atoms with Gasteiger partial charge >= 0.3 is 0 Å². The second-order valence-corrected chi connectivity index (χ2v) is 10.3. The second kappa shape index (κ2) is 4.30. The molecular formula is C20H34O2. The molecule has 6 atom stereocenters. The van der Waals surface area contributed by atoms with Gasteiger partial charge in [0.25, 0.3) is 0 Å². The molecule has 1 spiro atoms. The van der Waals surface area contributed by atoms with Crippen LogP contribution in [-0.2, 0) is 0 Å². The molecule has 2 bridgehead atoms. The van der Waals surface area contributed by atoms with Crippen LogP contribution in [0, 0.1) is 39.9 Å². The van der Waals surface area contributed by atoms with Gasteiger partial charge in [0, 0.05) is 11.8 Å². The summed E-state index contributed by atoms with van der Waals surface area (Å²) in [6, 6.07) is 0. The van der Waals surface area contributed by atoms with E-state index in [1.807, 2.05) is 0 Å². The lowest BCUT2D eigenvalue weighted by Crippen LogP contribution is -2.66. The van der Waals surface area contributed by atoms with E-state index in [0.717, 1.165) is 18.3 Å². The van der Waals surface area contributed by atoms with E-state index in [-0.39, 0.29) is 10.8 Å². The number of hydrogen-bond donors (Lipinski definition) is 2. The van der Waals surface area contributed by atoms with Crippen molar-refractivity contribution in [1.29, 1.82) is 0 Å². The van der Waals surface area contributed by atoms with Gasteiger partial charge in [0.2, 0.25) is 0 Å². The largest absolute Gasteiger partial charge is 0.365 e. The molecule has 4 saturated carbocycles. The molecule has 0 heterocycles. The molecular weight excluding hydrogens is 272 g/mol. The van der Waals surface area contributed by atoms with Crippen molar-refractivity contribution < 1.29 is 10.2 Å². The van der Waals surface area contributed by atoms with Crippen molar-refractivity contribution in [2.75, 3.05) is 0 Å². The Balaban J connectivity index is 1.80. The van der Waals surface area contributed by atoms with Crippen LogP contribution in [0.3, 0.4) is 0 Å². The number of fused-ring (bicyclic) bond motifs is 3. The van der Waals surface area contributed by atoms with E-state index in [9.17, 15) is 10.2 Å². The average molecular weight is 306 g/mol. The topological polar surface area (TPSA) is 40.5 Å². The van der Waals surface area contributed by atoms with Crippen LogP contribution in [-0.4, -0.2) is 16.0 Å². The van der Waals surface area contributed by atoms with Crippen molar-refractivity contribution in [1.82, 2.24) is 0 Å². The minimum absolute atomic E-state index is 0.242. The zero-order valence-corrected chi connectivity index (χ0v) is 14.9. The number of aliphatic hydroxyl groups is 2. The third-order valence-corrected chi connectivity index (χ3v) is 9.07. The van der Waals surface area contributed by atoms with Crippen LogP contribution in [0.25, 0.3) is 0 Å². The highest BCUT2D eigenvalue weighted by atomic mass is 16.5. The number of hydrogen-bond acceptors (Lipinski definition) is 2. The maximum Gasteiger partial charge on any atom is 0.168 e. The van der Waals surface area contributed by atoms with E-state index in [1.165, 1.54) is 38.5 Å². The molecule has 0 saturated heterocycles.